The summed E-state index contributed by atoms with van der Waals surface area (Å²) in [5.74, 6) is 5.00. The van der Waals surface area contributed by atoms with Crippen molar-refractivity contribution < 1.29 is 4.79 Å². The Morgan fingerprint density at radius 2 is 2.33 bits per heavy atom. The van der Waals surface area contributed by atoms with Gasteiger partial charge in [-0.15, -0.1) is 0 Å². The third kappa shape index (κ3) is 2.58. The van der Waals surface area contributed by atoms with Gasteiger partial charge in [-0.25, -0.2) is 5.84 Å². The van der Waals surface area contributed by atoms with Crippen molar-refractivity contribution in [2.45, 2.75) is 19.3 Å². The van der Waals surface area contributed by atoms with Gasteiger partial charge in [-0.05, 0) is 42.5 Å². The molecule has 1 aromatic carbocycles. The maximum Gasteiger partial charge on any atom is 0.237 e. The molecule has 1 aliphatic carbocycles. The Hall–Kier alpha value is -2.12. The number of carbonyl (C=O) groups excluding carboxylic acids is 1. The Labute approximate surface area is 106 Å². The molecule has 0 spiro atoms. The van der Waals surface area contributed by atoms with Crippen LogP contribution in [0.15, 0.2) is 30.3 Å². The van der Waals surface area contributed by atoms with Crippen molar-refractivity contribution in [1.82, 2.24) is 5.43 Å². The average molecular weight is 241 g/mol. The monoisotopic (exact) mass is 241 g/mol. The van der Waals surface area contributed by atoms with Crippen molar-refractivity contribution in [3.63, 3.8) is 0 Å². The van der Waals surface area contributed by atoms with Gasteiger partial charge in [0.05, 0.1) is 11.6 Å². The van der Waals surface area contributed by atoms with E-state index in [1.165, 1.54) is 5.57 Å². The van der Waals surface area contributed by atoms with E-state index in [1.807, 2.05) is 18.2 Å². The predicted octanol–water partition coefficient (Wildman–Crippen LogP) is 1.73. The first-order valence-corrected chi connectivity index (χ1v) is 5.94. The van der Waals surface area contributed by atoms with E-state index in [2.05, 4.69) is 17.6 Å². The highest BCUT2D eigenvalue weighted by Crippen LogP contribution is 2.30. The molecule has 3 N–H and O–H groups in total. The number of nitriles is 1. The van der Waals surface area contributed by atoms with Crippen molar-refractivity contribution in [1.29, 1.82) is 5.26 Å². The molecule has 0 heterocycles. The van der Waals surface area contributed by atoms with Crippen molar-refractivity contribution in [3.05, 3.63) is 41.5 Å². The second-order valence-corrected chi connectivity index (χ2v) is 4.40. The van der Waals surface area contributed by atoms with Crippen LogP contribution >= 0.6 is 0 Å². The summed E-state index contributed by atoms with van der Waals surface area (Å²) >= 11 is 0. The summed E-state index contributed by atoms with van der Waals surface area (Å²) in [6.07, 6.45) is 4.41. The molecule has 2 rings (SSSR count). The van der Waals surface area contributed by atoms with Gasteiger partial charge in [-0.2, -0.15) is 5.26 Å². The van der Waals surface area contributed by atoms with Crippen LogP contribution in [0.25, 0.3) is 5.57 Å². The van der Waals surface area contributed by atoms with Crippen LogP contribution in [0.4, 0.5) is 0 Å². The molecular weight excluding hydrogens is 226 g/mol. The summed E-state index contributed by atoms with van der Waals surface area (Å²) in [7, 11) is 0. The van der Waals surface area contributed by atoms with Crippen LogP contribution in [0.1, 0.15) is 30.4 Å². The molecule has 0 bridgehead atoms. The van der Waals surface area contributed by atoms with E-state index < -0.39 is 0 Å². The number of hydrazine groups is 1. The zero-order valence-electron chi connectivity index (χ0n) is 10.0. The van der Waals surface area contributed by atoms with E-state index in [0.29, 0.717) is 12.0 Å². The second-order valence-electron chi connectivity index (χ2n) is 4.40. The normalized spacial score (nSPS) is 18.7. The van der Waals surface area contributed by atoms with E-state index in [9.17, 15) is 4.79 Å². The van der Waals surface area contributed by atoms with Gasteiger partial charge in [0.1, 0.15) is 0 Å². The molecule has 0 fully saturated rings. The number of nitrogens with one attached hydrogen (secondary N) is 1. The van der Waals surface area contributed by atoms with Gasteiger partial charge in [0.15, 0.2) is 0 Å². The molecule has 1 aliphatic rings. The minimum Gasteiger partial charge on any atom is -0.294 e. The largest absolute Gasteiger partial charge is 0.294 e. The Bertz CT molecular complexity index is 528. The number of amides is 1. The third-order valence-electron chi connectivity index (χ3n) is 3.29. The first-order valence-electron chi connectivity index (χ1n) is 5.94. The number of allylic oxidation sites excluding steroid dienone is 2. The van der Waals surface area contributed by atoms with E-state index >= 15 is 0 Å². The third-order valence-corrected chi connectivity index (χ3v) is 3.29. The fourth-order valence-corrected chi connectivity index (χ4v) is 2.24. The van der Waals surface area contributed by atoms with E-state index in [0.717, 1.165) is 18.4 Å². The van der Waals surface area contributed by atoms with Gasteiger partial charge < -0.3 is 0 Å². The summed E-state index contributed by atoms with van der Waals surface area (Å²) in [5.41, 5.74) is 5.13. The van der Waals surface area contributed by atoms with Crippen LogP contribution in [-0.2, 0) is 4.79 Å². The van der Waals surface area contributed by atoms with Crippen LogP contribution < -0.4 is 11.3 Å². The lowest BCUT2D eigenvalue weighted by Gasteiger charge is -2.20. The molecule has 1 aromatic rings. The predicted molar refractivity (Wildman–Crippen MR) is 68.8 cm³/mol. The molecule has 0 saturated carbocycles. The van der Waals surface area contributed by atoms with Gasteiger partial charge in [0.2, 0.25) is 5.91 Å². The lowest BCUT2D eigenvalue weighted by molar-refractivity contribution is -0.125. The molecule has 4 heteroatoms. The summed E-state index contributed by atoms with van der Waals surface area (Å²) in [5, 5.41) is 8.87. The standard InChI is InChI=1S/C14H15N3O/c15-9-10-2-1-3-13(8-10)11-4-6-12(7-5-11)14(18)17-16/h1-4,8,12H,5-7,16H2,(H,17,18)/t12-/m0/s1. The number of carbonyl (C=O) groups is 1. The smallest absolute Gasteiger partial charge is 0.237 e. The maximum atomic E-state index is 11.4. The first-order chi connectivity index (χ1) is 8.74. The lowest BCUT2D eigenvalue weighted by Crippen LogP contribution is -2.36. The summed E-state index contributed by atoms with van der Waals surface area (Å²) < 4.78 is 0. The second kappa shape index (κ2) is 5.48. The Morgan fingerprint density at radius 3 is 2.94 bits per heavy atom. The molecule has 18 heavy (non-hydrogen) atoms. The zero-order valence-corrected chi connectivity index (χ0v) is 10.0. The fraction of sp³-hybridized carbons (Fsp3) is 0.286. The lowest BCUT2D eigenvalue weighted by atomic mass is 9.86. The minimum atomic E-state index is -0.101. The summed E-state index contributed by atoms with van der Waals surface area (Å²) in [4.78, 5) is 11.4. The fourth-order valence-electron chi connectivity index (χ4n) is 2.24. The summed E-state index contributed by atoms with van der Waals surface area (Å²) in [6.45, 7) is 0. The van der Waals surface area contributed by atoms with Crippen molar-refractivity contribution >= 4 is 11.5 Å². The van der Waals surface area contributed by atoms with Gasteiger partial charge in [-0.1, -0.05) is 18.2 Å². The van der Waals surface area contributed by atoms with E-state index in [4.69, 9.17) is 11.1 Å². The van der Waals surface area contributed by atoms with Crippen molar-refractivity contribution in [2.75, 3.05) is 0 Å². The topological polar surface area (TPSA) is 78.9 Å². The molecule has 0 saturated heterocycles. The Kier molecular flexibility index (Phi) is 3.75. The van der Waals surface area contributed by atoms with Gasteiger partial charge >= 0.3 is 0 Å². The minimum absolute atomic E-state index is 0.0297. The number of nitrogens with two attached hydrogens (primary N) is 1. The molecule has 4 nitrogen and oxygen atoms in total. The van der Waals surface area contributed by atoms with Gasteiger partial charge in [-0.3, -0.25) is 10.2 Å². The molecule has 92 valence electrons. The number of hydrogen-bond acceptors (Lipinski definition) is 3. The first kappa shape index (κ1) is 12.3. The molecule has 0 unspecified atom stereocenters. The molecule has 0 radical (unpaired) electrons. The number of rotatable bonds is 2. The van der Waals surface area contributed by atoms with Crippen LogP contribution in [0.3, 0.4) is 0 Å². The van der Waals surface area contributed by atoms with Crippen molar-refractivity contribution in [2.24, 2.45) is 11.8 Å². The van der Waals surface area contributed by atoms with Gasteiger partial charge in [0, 0.05) is 5.92 Å². The number of nitrogens with zero attached hydrogens (tertiary/aromatic N) is 1. The number of hydrogen-bond donors (Lipinski definition) is 2. The Morgan fingerprint density at radius 1 is 1.50 bits per heavy atom. The summed E-state index contributed by atoms with van der Waals surface area (Å²) in [6, 6.07) is 9.69. The number of benzene rings is 1. The quantitative estimate of drug-likeness (QED) is 0.470. The molecule has 1 amide bonds. The highest BCUT2D eigenvalue weighted by atomic mass is 16.2. The van der Waals surface area contributed by atoms with Crippen LogP contribution in [0.5, 0.6) is 0 Å². The zero-order chi connectivity index (χ0) is 13.0. The molecule has 0 aliphatic heterocycles. The van der Waals surface area contributed by atoms with E-state index in [1.54, 1.807) is 6.07 Å². The highest BCUT2D eigenvalue weighted by molar-refractivity contribution is 5.80. The van der Waals surface area contributed by atoms with Gasteiger partial charge in [0.25, 0.3) is 0 Å². The molecule has 1 atom stereocenters. The van der Waals surface area contributed by atoms with Crippen LogP contribution in [0, 0.1) is 17.2 Å². The maximum absolute atomic E-state index is 11.4. The Balaban J connectivity index is 2.14. The van der Waals surface area contributed by atoms with Crippen molar-refractivity contribution in [3.8, 4) is 6.07 Å². The van der Waals surface area contributed by atoms with E-state index in [-0.39, 0.29) is 11.8 Å². The van der Waals surface area contributed by atoms with Crippen LogP contribution in [0.2, 0.25) is 0 Å². The molecular formula is C14H15N3O. The molecule has 0 aromatic heterocycles. The highest BCUT2D eigenvalue weighted by Gasteiger charge is 2.21. The SMILES string of the molecule is N#Cc1cccc(C2=CC[C@H](C(=O)NN)CC2)c1. The average Bonchev–Trinajstić information content (AvgIpc) is 2.46. The van der Waals surface area contributed by atoms with Crippen LogP contribution in [-0.4, -0.2) is 5.91 Å².